The minimum absolute atomic E-state index is 0.0639. The molecule has 0 radical (unpaired) electrons. The standard InChI is InChI=1S/C45H62ClF3N6O7/c1-3-4-5-6-25-61-40(56)16-19-52-17-9-31(10-18-52)32-11-20-53(21-12-32)42(57)39(28-30-26-36(45(47,48)49)41(50)37(46)27-30)62-44(59)54-22-14-34(15-23-54)55-24-13-33-29-35(60-2)7-8-38(33)51-43(55)58/h7-8,26-27,29,31-32,34,39H,3-6,9-25,28,50H2,1-2H3,(H,51,58)/t39-/m1/s1. The molecule has 0 bridgehead atoms. The Hall–Kier alpha value is -4.44. The van der Waals surface area contributed by atoms with Crippen molar-refractivity contribution in [2.45, 2.75) is 109 Å². The molecule has 0 spiro atoms. The molecule has 4 heterocycles. The lowest BCUT2D eigenvalue weighted by Gasteiger charge is -2.41. The third-order valence-corrected chi connectivity index (χ3v) is 13.4. The summed E-state index contributed by atoms with van der Waals surface area (Å²) in [5, 5.41) is 2.68. The molecule has 0 aliphatic carbocycles. The highest BCUT2D eigenvalue weighted by molar-refractivity contribution is 6.33. The Bertz CT molecular complexity index is 1860. The normalized spacial score (nSPS) is 19.1. The number of benzene rings is 2. The zero-order valence-electron chi connectivity index (χ0n) is 36.0. The van der Waals surface area contributed by atoms with E-state index in [1.54, 1.807) is 23.0 Å². The van der Waals surface area contributed by atoms with Crippen LogP contribution in [0.5, 0.6) is 5.75 Å². The van der Waals surface area contributed by atoms with Gasteiger partial charge in [-0.15, -0.1) is 0 Å². The number of carbonyl (C=O) groups excluding carboxylic acids is 4. The highest BCUT2D eigenvalue weighted by atomic mass is 35.5. The summed E-state index contributed by atoms with van der Waals surface area (Å²) in [6.45, 7) is 6.94. The Balaban J connectivity index is 1.03. The fourth-order valence-electron chi connectivity index (χ4n) is 9.36. The number of nitrogens with one attached hydrogen (secondary N) is 1. The maximum Gasteiger partial charge on any atom is 0.418 e. The molecule has 1 atom stereocenters. The molecule has 13 nitrogen and oxygen atoms in total. The Morgan fingerprint density at radius 1 is 0.903 bits per heavy atom. The number of alkyl halides is 3. The highest BCUT2D eigenvalue weighted by Crippen LogP contribution is 2.39. The summed E-state index contributed by atoms with van der Waals surface area (Å²) >= 11 is 6.17. The maximum absolute atomic E-state index is 14.2. The molecule has 0 saturated carbocycles. The molecule has 0 unspecified atom stereocenters. The molecule has 3 saturated heterocycles. The first-order chi connectivity index (χ1) is 29.7. The van der Waals surface area contributed by atoms with Crippen LogP contribution in [0.4, 0.5) is 34.1 Å². The Labute approximate surface area is 367 Å². The lowest BCUT2D eigenvalue weighted by molar-refractivity contribution is -0.144. The predicted molar refractivity (Wildman–Crippen MR) is 230 cm³/mol. The van der Waals surface area contributed by atoms with Crippen molar-refractivity contribution in [3.05, 3.63) is 52.0 Å². The second-order valence-electron chi connectivity index (χ2n) is 17.1. The van der Waals surface area contributed by atoms with E-state index in [9.17, 15) is 32.3 Å². The Morgan fingerprint density at radius 3 is 2.24 bits per heavy atom. The van der Waals surface area contributed by atoms with Crippen molar-refractivity contribution in [3.63, 3.8) is 0 Å². The number of urea groups is 1. The van der Waals surface area contributed by atoms with Crippen LogP contribution in [-0.2, 0) is 38.1 Å². The number of nitrogens with zero attached hydrogens (tertiary/aromatic N) is 4. The quantitative estimate of drug-likeness (QED) is 0.103. The van der Waals surface area contributed by atoms with Gasteiger partial charge in [0.1, 0.15) is 5.75 Å². The first-order valence-electron chi connectivity index (χ1n) is 22.3. The van der Waals surface area contributed by atoms with Gasteiger partial charge in [0, 0.05) is 57.4 Å². The minimum atomic E-state index is -4.79. The monoisotopic (exact) mass is 890 g/mol. The predicted octanol–water partition coefficient (Wildman–Crippen LogP) is 8.02. The van der Waals surface area contributed by atoms with Crippen molar-refractivity contribution in [1.29, 1.82) is 0 Å². The van der Waals surface area contributed by atoms with Gasteiger partial charge >= 0.3 is 24.3 Å². The van der Waals surface area contributed by atoms with Gasteiger partial charge in [-0.3, -0.25) is 9.59 Å². The summed E-state index contributed by atoms with van der Waals surface area (Å²) < 4.78 is 58.5. The first kappa shape index (κ1) is 47.0. The third kappa shape index (κ3) is 12.4. The number of ether oxygens (including phenoxy) is 3. The summed E-state index contributed by atoms with van der Waals surface area (Å²) in [6, 6.07) is 7.29. The van der Waals surface area contributed by atoms with E-state index in [-0.39, 0.29) is 48.1 Å². The van der Waals surface area contributed by atoms with Gasteiger partial charge in [0.05, 0.1) is 36.4 Å². The molecule has 17 heteroatoms. The second kappa shape index (κ2) is 21.8. The van der Waals surface area contributed by atoms with Gasteiger partial charge in [0.25, 0.3) is 5.91 Å². The number of halogens is 4. The Morgan fingerprint density at radius 2 is 1.58 bits per heavy atom. The van der Waals surface area contributed by atoms with Crippen molar-refractivity contribution in [2.75, 3.05) is 77.1 Å². The van der Waals surface area contributed by atoms with E-state index in [4.69, 9.17) is 31.5 Å². The Kier molecular flexibility index (Phi) is 16.5. The van der Waals surface area contributed by atoms with Crippen molar-refractivity contribution in [3.8, 4) is 5.75 Å². The lowest BCUT2D eigenvalue weighted by atomic mass is 9.78. The summed E-state index contributed by atoms with van der Waals surface area (Å²) in [5.41, 5.74) is 5.72. The van der Waals surface area contributed by atoms with Gasteiger partial charge in [0.2, 0.25) is 0 Å². The van der Waals surface area contributed by atoms with Gasteiger partial charge < -0.3 is 44.9 Å². The van der Waals surface area contributed by atoms with Crippen LogP contribution in [0, 0.1) is 11.8 Å². The summed E-state index contributed by atoms with van der Waals surface area (Å²) in [5.74, 6) is 0.945. The fraction of sp³-hybridized carbons (Fsp3) is 0.644. The summed E-state index contributed by atoms with van der Waals surface area (Å²) in [6.07, 6.45) is 2.42. The van der Waals surface area contributed by atoms with Gasteiger partial charge in [-0.25, -0.2) is 9.59 Å². The van der Waals surface area contributed by atoms with Crippen LogP contribution in [0.15, 0.2) is 30.3 Å². The van der Waals surface area contributed by atoms with E-state index in [1.165, 1.54) is 11.0 Å². The molecule has 0 aromatic heterocycles. The van der Waals surface area contributed by atoms with Crippen LogP contribution < -0.4 is 15.8 Å². The molecule has 2 aromatic rings. The summed E-state index contributed by atoms with van der Waals surface area (Å²) in [7, 11) is 1.59. The van der Waals surface area contributed by atoms with E-state index in [0.29, 0.717) is 76.1 Å². The van der Waals surface area contributed by atoms with Crippen molar-refractivity contribution in [2.24, 2.45) is 11.8 Å². The van der Waals surface area contributed by atoms with Crippen molar-refractivity contribution >= 4 is 47.0 Å². The van der Waals surface area contributed by atoms with Crippen LogP contribution >= 0.6 is 11.6 Å². The number of anilines is 2. The van der Waals surface area contributed by atoms with E-state index in [1.807, 2.05) is 12.1 Å². The number of nitrogens with two attached hydrogens (primary N) is 1. The number of piperidine rings is 3. The molecule has 4 aliphatic heterocycles. The molecule has 342 valence electrons. The number of hydrogen-bond donors (Lipinski definition) is 2. The SMILES string of the molecule is CCCCCCOC(=O)CCN1CCC(C2CCN(C(=O)[C@@H](Cc3cc(Cl)c(N)c(C(F)(F)F)c3)OC(=O)N3CCC(N4CCc5cc(OC)ccc5NC4=O)CC3)CC2)CC1. The van der Waals surface area contributed by atoms with Crippen LogP contribution in [-0.4, -0.2) is 122 Å². The van der Waals surface area contributed by atoms with Crippen molar-refractivity contribution in [1.82, 2.24) is 19.6 Å². The van der Waals surface area contributed by atoms with Gasteiger partial charge in [-0.05, 0) is 118 Å². The minimum Gasteiger partial charge on any atom is -0.497 e. The summed E-state index contributed by atoms with van der Waals surface area (Å²) in [4.78, 5) is 60.7. The molecule has 4 aliphatic rings. The number of carbonyl (C=O) groups is 4. The van der Waals surface area contributed by atoms with Crippen LogP contribution in [0.2, 0.25) is 5.02 Å². The third-order valence-electron chi connectivity index (χ3n) is 13.1. The number of amides is 4. The number of nitrogen functional groups attached to an aromatic ring is 1. The van der Waals surface area contributed by atoms with Crippen molar-refractivity contribution < 1.29 is 46.6 Å². The van der Waals surface area contributed by atoms with Gasteiger partial charge in [-0.1, -0.05) is 37.8 Å². The van der Waals surface area contributed by atoms with E-state index < -0.39 is 35.5 Å². The smallest absolute Gasteiger partial charge is 0.418 e. The molecule has 3 fully saturated rings. The molecular weight excluding hydrogens is 829 g/mol. The van der Waals surface area contributed by atoms with Gasteiger partial charge in [0.15, 0.2) is 6.10 Å². The molecule has 6 rings (SSSR count). The van der Waals surface area contributed by atoms with E-state index in [0.717, 1.165) is 81.8 Å². The highest BCUT2D eigenvalue weighted by Gasteiger charge is 2.39. The number of fused-ring (bicyclic) bond motifs is 1. The van der Waals surface area contributed by atoms with Gasteiger partial charge in [-0.2, -0.15) is 13.2 Å². The topological polar surface area (TPSA) is 147 Å². The largest absolute Gasteiger partial charge is 0.497 e. The van der Waals surface area contributed by atoms with E-state index in [2.05, 4.69) is 17.1 Å². The number of methoxy groups -OCH3 is 1. The maximum atomic E-state index is 14.2. The number of esters is 1. The van der Waals surface area contributed by atoms with Crippen LogP contribution in [0.1, 0.15) is 94.2 Å². The lowest BCUT2D eigenvalue weighted by Crippen LogP contribution is -2.52. The number of rotatable bonds is 15. The molecule has 4 amide bonds. The number of unbranched alkanes of at least 4 members (excludes halogenated alkanes) is 3. The average molecular weight is 891 g/mol. The average Bonchev–Trinajstić information content (AvgIpc) is 3.43. The zero-order valence-corrected chi connectivity index (χ0v) is 36.7. The molecule has 2 aromatic carbocycles. The second-order valence-corrected chi connectivity index (χ2v) is 17.5. The molecule has 3 N–H and O–H groups in total. The number of likely N-dealkylation sites (tertiary alicyclic amines) is 3. The first-order valence-corrected chi connectivity index (χ1v) is 22.6. The van der Waals surface area contributed by atoms with Crippen LogP contribution in [0.25, 0.3) is 0 Å². The molecular formula is C45H62ClF3N6O7. The van der Waals surface area contributed by atoms with E-state index >= 15 is 0 Å². The molecule has 62 heavy (non-hydrogen) atoms. The van der Waals surface area contributed by atoms with Crippen LogP contribution in [0.3, 0.4) is 0 Å². The zero-order chi connectivity index (χ0) is 44.4. The number of hydrogen-bond acceptors (Lipinski definition) is 9. The fourth-order valence-corrected chi connectivity index (χ4v) is 9.60.